The number of Topliss-reactive ketones (excluding diaryl/α,β-unsaturated/α-hetero) is 1. The summed E-state index contributed by atoms with van der Waals surface area (Å²) in [6, 6.07) is 27.3. The van der Waals surface area contributed by atoms with Crippen molar-refractivity contribution in [1.82, 2.24) is 9.78 Å². The van der Waals surface area contributed by atoms with Crippen molar-refractivity contribution < 1.29 is 4.79 Å². The minimum atomic E-state index is -0.463. The van der Waals surface area contributed by atoms with E-state index in [0.717, 1.165) is 35.5 Å². The standard InChI is InChI=1S/C33H29N3O/c1-21-10-8-9-13-26(21)23-14-16-25(17-15-23)36-32-27(30(35-36)24-11-6-5-7-12-24)18-19-28-22(2)31(37)29(34-4)20-33(28,32)3/h5-17,20,22,28H,18-19H2,1-3H3/t22-,28-,33-/m1/s1. The fraction of sp³-hybridized carbons (Fsp3) is 0.242. The highest BCUT2D eigenvalue weighted by atomic mass is 16.1. The number of aryl methyl sites for hydroxylation is 1. The second-order valence-corrected chi connectivity index (χ2v) is 10.5. The number of carbonyl (C=O) groups is 1. The van der Waals surface area contributed by atoms with Crippen molar-refractivity contribution in [1.29, 1.82) is 0 Å². The van der Waals surface area contributed by atoms with Crippen molar-refractivity contribution in [2.45, 2.75) is 39.0 Å². The van der Waals surface area contributed by atoms with Crippen LogP contribution in [0.3, 0.4) is 0 Å². The average molecular weight is 484 g/mol. The molecule has 4 heteroatoms. The van der Waals surface area contributed by atoms with E-state index in [-0.39, 0.29) is 23.3 Å². The molecule has 0 spiro atoms. The Morgan fingerprint density at radius 3 is 2.38 bits per heavy atom. The van der Waals surface area contributed by atoms with E-state index in [4.69, 9.17) is 11.7 Å². The number of rotatable bonds is 3. The van der Waals surface area contributed by atoms with Crippen LogP contribution in [0.15, 0.2) is 90.6 Å². The quantitative estimate of drug-likeness (QED) is 0.286. The van der Waals surface area contributed by atoms with Gasteiger partial charge in [-0.2, -0.15) is 5.10 Å². The van der Waals surface area contributed by atoms with Crippen LogP contribution >= 0.6 is 0 Å². The van der Waals surface area contributed by atoms with E-state index >= 15 is 0 Å². The first-order valence-electron chi connectivity index (χ1n) is 12.9. The lowest BCUT2D eigenvalue weighted by molar-refractivity contribution is -0.121. The molecule has 0 aliphatic heterocycles. The molecule has 182 valence electrons. The molecule has 0 saturated heterocycles. The second kappa shape index (κ2) is 8.71. The van der Waals surface area contributed by atoms with Crippen molar-refractivity contribution in [3.63, 3.8) is 0 Å². The molecule has 0 N–H and O–H groups in total. The maximum atomic E-state index is 12.9. The van der Waals surface area contributed by atoms with Crippen molar-refractivity contribution >= 4 is 5.78 Å². The van der Waals surface area contributed by atoms with Gasteiger partial charge >= 0.3 is 0 Å². The zero-order valence-corrected chi connectivity index (χ0v) is 21.4. The van der Waals surface area contributed by atoms with Gasteiger partial charge in [0.05, 0.1) is 23.6 Å². The van der Waals surface area contributed by atoms with Crippen molar-refractivity contribution in [3.8, 4) is 28.1 Å². The molecule has 0 fully saturated rings. The Balaban J connectivity index is 1.57. The molecule has 2 aliphatic carbocycles. The molecule has 4 aromatic rings. The topological polar surface area (TPSA) is 39.2 Å². The predicted molar refractivity (Wildman–Crippen MR) is 147 cm³/mol. The number of carbonyl (C=O) groups excluding carboxylic acids is 1. The molecular weight excluding hydrogens is 454 g/mol. The van der Waals surface area contributed by atoms with Gasteiger partial charge in [0.25, 0.3) is 0 Å². The highest BCUT2D eigenvalue weighted by Gasteiger charge is 2.50. The van der Waals surface area contributed by atoms with Crippen LogP contribution < -0.4 is 0 Å². The van der Waals surface area contributed by atoms with Gasteiger partial charge < -0.3 is 4.79 Å². The first kappa shape index (κ1) is 23.2. The van der Waals surface area contributed by atoms with Crippen molar-refractivity contribution in [2.75, 3.05) is 0 Å². The summed E-state index contributed by atoms with van der Waals surface area (Å²) in [5.41, 5.74) is 8.80. The number of allylic oxidation sites excluding steroid dienone is 2. The SMILES string of the molecule is [C-]#[N+]C1=C[C@@]2(C)c3c(c(-c4ccccc4)nn3-c3ccc(-c4ccccc4C)cc3)CC[C@@H]2[C@@H](C)C1=O. The molecule has 0 bridgehead atoms. The number of hydrogen-bond donors (Lipinski definition) is 0. The Hall–Kier alpha value is -4.23. The van der Waals surface area contributed by atoms with Crippen LogP contribution in [0, 0.1) is 25.3 Å². The zero-order valence-electron chi connectivity index (χ0n) is 21.4. The van der Waals surface area contributed by atoms with Crippen LogP contribution in [-0.4, -0.2) is 15.6 Å². The minimum absolute atomic E-state index is 0.0298. The van der Waals surface area contributed by atoms with E-state index in [9.17, 15) is 4.79 Å². The van der Waals surface area contributed by atoms with Gasteiger partial charge in [-0.3, -0.25) is 0 Å². The normalized spacial score (nSPS) is 22.5. The number of fused-ring (bicyclic) bond motifs is 3. The number of ketones is 1. The van der Waals surface area contributed by atoms with E-state index < -0.39 is 5.41 Å². The van der Waals surface area contributed by atoms with Gasteiger partial charge in [0, 0.05) is 22.5 Å². The third-order valence-electron chi connectivity index (χ3n) is 8.41. The van der Waals surface area contributed by atoms with Gasteiger partial charge in [0.1, 0.15) is 0 Å². The lowest BCUT2D eigenvalue weighted by Crippen LogP contribution is -2.46. The van der Waals surface area contributed by atoms with Crippen LogP contribution in [0.5, 0.6) is 0 Å². The molecule has 0 amide bonds. The molecule has 0 unspecified atom stereocenters. The van der Waals surface area contributed by atoms with Gasteiger partial charge in [-0.25, -0.2) is 9.53 Å². The Morgan fingerprint density at radius 1 is 0.973 bits per heavy atom. The lowest BCUT2D eigenvalue weighted by Gasteiger charge is -2.45. The summed E-state index contributed by atoms with van der Waals surface area (Å²) in [6.07, 6.45) is 3.69. The molecular formula is C33H29N3O. The predicted octanol–water partition coefficient (Wildman–Crippen LogP) is 7.36. The van der Waals surface area contributed by atoms with E-state index in [1.54, 1.807) is 0 Å². The summed E-state index contributed by atoms with van der Waals surface area (Å²) in [4.78, 5) is 16.6. The molecule has 3 atom stereocenters. The first-order valence-corrected chi connectivity index (χ1v) is 12.9. The van der Waals surface area contributed by atoms with Crippen LogP contribution in [0.25, 0.3) is 32.9 Å². The number of aromatic nitrogens is 2. The van der Waals surface area contributed by atoms with E-state index in [2.05, 4.69) is 84.0 Å². The van der Waals surface area contributed by atoms with E-state index in [1.807, 2.05) is 31.2 Å². The highest BCUT2D eigenvalue weighted by Crippen LogP contribution is 2.52. The second-order valence-electron chi connectivity index (χ2n) is 10.5. The van der Waals surface area contributed by atoms with Gasteiger partial charge in [0.2, 0.25) is 5.70 Å². The molecule has 2 aliphatic rings. The molecule has 3 aromatic carbocycles. The van der Waals surface area contributed by atoms with Gasteiger partial charge in [0.15, 0.2) is 5.78 Å². The fourth-order valence-electron chi connectivity index (χ4n) is 6.51. The molecule has 0 radical (unpaired) electrons. The molecule has 1 heterocycles. The largest absolute Gasteiger partial charge is 0.308 e. The minimum Gasteiger partial charge on any atom is -0.308 e. The summed E-state index contributed by atoms with van der Waals surface area (Å²) in [6.45, 7) is 14.0. The third kappa shape index (κ3) is 3.57. The number of benzene rings is 3. The Kier molecular flexibility index (Phi) is 5.46. The van der Waals surface area contributed by atoms with Crippen LogP contribution in [0.2, 0.25) is 0 Å². The van der Waals surface area contributed by atoms with Crippen LogP contribution in [0.1, 0.15) is 37.1 Å². The zero-order chi connectivity index (χ0) is 25.7. The summed E-state index contributed by atoms with van der Waals surface area (Å²) < 4.78 is 2.08. The van der Waals surface area contributed by atoms with E-state index in [0.29, 0.717) is 0 Å². The Morgan fingerprint density at radius 2 is 1.68 bits per heavy atom. The third-order valence-corrected chi connectivity index (χ3v) is 8.41. The number of hydrogen-bond acceptors (Lipinski definition) is 2. The summed E-state index contributed by atoms with van der Waals surface area (Å²) in [7, 11) is 0. The average Bonchev–Trinajstić information content (AvgIpc) is 3.33. The summed E-state index contributed by atoms with van der Waals surface area (Å²) in [5, 5.41) is 5.21. The smallest absolute Gasteiger partial charge is 0.226 e. The molecule has 37 heavy (non-hydrogen) atoms. The number of nitrogens with zero attached hydrogens (tertiary/aromatic N) is 3. The van der Waals surface area contributed by atoms with Gasteiger partial charge in [-0.05, 0) is 54.5 Å². The maximum Gasteiger partial charge on any atom is 0.226 e. The van der Waals surface area contributed by atoms with Crippen LogP contribution in [0.4, 0.5) is 0 Å². The van der Waals surface area contributed by atoms with E-state index in [1.165, 1.54) is 22.3 Å². The maximum absolute atomic E-state index is 12.9. The first-order chi connectivity index (χ1) is 17.9. The Labute approximate surface area is 218 Å². The van der Waals surface area contributed by atoms with Crippen molar-refractivity contribution in [3.05, 3.63) is 119 Å². The molecule has 1 aromatic heterocycles. The summed E-state index contributed by atoms with van der Waals surface area (Å²) in [5.74, 6) is -0.0969. The fourth-order valence-corrected chi connectivity index (χ4v) is 6.51. The Bertz CT molecular complexity index is 1590. The van der Waals surface area contributed by atoms with Gasteiger partial charge in [-0.15, -0.1) is 0 Å². The van der Waals surface area contributed by atoms with Crippen molar-refractivity contribution in [2.24, 2.45) is 11.8 Å². The summed E-state index contributed by atoms with van der Waals surface area (Å²) >= 11 is 0. The lowest BCUT2D eigenvalue weighted by atomic mass is 9.58. The molecule has 4 nitrogen and oxygen atoms in total. The monoisotopic (exact) mass is 483 g/mol. The molecule has 6 rings (SSSR count). The molecule has 0 saturated carbocycles. The van der Waals surface area contributed by atoms with Crippen LogP contribution in [-0.2, 0) is 16.6 Å². The highest BCUT2D eigenvalue weighted by molar-refractivity contribution is 6.00. The van der Waals surface area contributed by atoms with Gasteiger partial charge in [-0.1, -0.05) is 86.7 Å².